The van der Waals surface area contributed by atoms with Crippen LogP contribution in [0.5, 0.6) is 0 Å². The Morgan fingerprint density at radius 2 is 1.33 bits per heavy atom. The summed E-state index contributed by atoms with van der Waals surface area (Å²) < 4.78 is 5.97. The van der Waals surface area contributed by atoms with Gasteiger partial charge in [-0.2, -0.15) is 0 Å². The molecule has 0 radical (unpaired) electrons. The quantitative estimate of drug-likeness (QED) is 0.714. The summed E-state index contributed by atoms with van der Waals surface area (Å²) in [7, 11) is -3.16. The Balaban J connectivity index is 0. The molecule has 2 nitrogen and oxygen atoms in total. The molecule has 0 spiro atoms. The third kappa shape index (κ3) is 5.48. The van der Waals surface area contributed by atoms with E-state index in [1.54, 1.807) is 0 Å². The van der Waals surface area contributed by atoms with E-state index in [0.29, 0.717) is 0 Å². The fourth-order valence-corrected chi connectivity index (χ4v) is 6.94. The molecule has 72 valence electrons. The van der Waals surface area contributed by atoms with E-state index in [0.717, 1.165) is 0 Å². The van der Waals surface area contributed by atoms with Crippen LogP contribution in [-0.4, -0.2) is 16.6 Å². The van der Waals surface area contributed by atoms with Gasteiger partial charge in [-0.25, -0.2) is 0 Å². The largest absolute Gasteiger partial charge is 0.450 e. The number of hydrogen-bond donors (Lipinski definition) is 1. The lowest BCUT2D eigenvalue weighted by molar-refractivity contribution is 0.571. The highest BCUT2D eigenvalue weighted by Gasteiger charge is 2.28. The van der Waals surface area contributed by atoms with Gasteiger partial charge in [0.1, 0.15) is 0 Å². The highest BCUT2D eigenvalue weighted by atomic mass is 28.4. The molecule has 0 saturated carbocycles. The van der Waals surface area contributed by atoms with Gasteiger partial charge < -0.3 is 10.3 Å². The third-order valence-corrected chi connectivity index (χ3v) is 7.17. The summed E-state index contributed by atoms with van der Waals surface area (Å²) in [6.07, 6.45) is 0. The Hall–Kier alpha value is -0.166. The number of hydrogen-bond acceptors (Lipinski definition) is 2. The van der Waals surface area contributed by atoms with E-state index in [2.05, 4.69) is 39.3 Å². The zero-order chi connectivity index (χ0) is 9.12. The maximum atomic E-state index is 5.97. The van der Waals surface area contributed by atoms with Crippen LogP contribution < -0.4 is 6.15 Å². The molecular weight excluding hydrogens is 182 g/mol. The van der Waals surface area contributed by atoms with Crippen molar-refractivity contribution >= 4 is 16.6 Å². The summed E-state index contributed by atoms with van der Waals surface area (Å²) in [4.78, 5) is 0. The molecule has 0 bridgehead atoms. The maximum Gasteiger partial charge on any atom is 0.226 e. The molecule has 0 atom stereocenters. The SMILES string of the molecule is C=C[Si](C)(C=C)O[Si](C)(C)C.N. The molecule has 0 aromatic heterocycles. The van der Waals surface area contributed by atoms with Crippen molar-refractivity contribution in [1.82, 2.24) is 6.15 Å². The average Bonchev–Trinajstić information content (AvgIpc) is 1.84. The van der Waals surface area contributed by atoms with Gasteiger partial charge in [-0.15, -0.1) is 13.2 Å². The van der Waals surface area contributed by atoms with E-state index in [9.17, 15) is 0 Å². The summed E-state index contributed by atoms with van der Waals surface area (Å²) in [6.45, 7) is 16.2. The van der Waals surface area contributed by atoms with Crippen LogP contribution in [0.25, 0.3) is 0 Å². The fraction of sp³-hybridized carbons (Fsp3) is 0.500. The van der Waals surface area contributed by atoms with Gasteiger partial charge in [0.15, 0.2) is 8.32 Å². The summed E-state index contributed by atoms with van der Waals surface area (Å²) in [5.41, 5.74) is 3.86. The lowest BCUT2D eigenvalue weighted by Gasteiger charge is -2.29. The van der Waals surface area contributed by atoms with Gasteiger partial charge in [0, 0.05) is 0 Å². The molecule has 4 heteroatoms. The van der Waals surface area contributed by atoms with Crippen LogP contribution in [0.1, 0.15) is 0 Å². The van der Waals surface area contributed by atoms with Crippen LogP contribution in [0.15, 0.2) is 24.6 Å². The molecule has 0 aromatic carbocycles. The molecular formula is C8H21NOSi2. The van der Waals surface area contributed by atoms with Crippen molar-refractivity contribution in [3.63, 3.8) is 0 Å². The van der Waals surface area contributed by atoms with E-state index in [4.69, 9.17) is 4.12 Å². The molecule has 0 aromatic rings. The second-order valence-corrected chi connectivity index (χ2v) is 12.0. The van der Waals surface area contributed by atoms with Crippen molar-refractivity contribution < 1.29 is 4.12 Å². The minimum absolute atomic E-state index is 0. The molecule has 12 heavy (non-hydrogen) atoms. The fourth-order valence-electron chi connectivity index (χ4n) is 0.826. The van der Waals surface area contributed by atoms with Crippen LogP contribution >= 0.6 is 0 Å². The van der Waals surface area contributed by atoms with Gasteiger partial charge in [0.05, 0.1) is 0 Å². The Kier molecular flexibility index (Phi) is 5.70. The van der Waals surface area contributed by atoms with Crippen LogP contribution in [-0.2, 0) is 4.12 Å². The molecule has 0 aliphatic rings. The molecule has 0 aliphatic heterocycles. The molecule has 0 saturated heterocycles. The third-order valence-electron chi connectivity index (χ3n) is 1.34. The molecule has 0 heterocycles. The summed E-state index contributed by atoms with van der Waals surface area (Å²) >= 11 is 0. The normalized spacial score (nSPS) is 11.7. The Bertz CT molecular complexity index is 155. The van der Waals surface area contributed by atoms with Crippen molar-refractivity contribution in [1.29, 1.82) is 0 Å². The molecule has 0 aliphatic carbocycles. The van der Waals surface area contributed by atoms with Crippen LogP contribution in [0.2, 0.25) is 26.2 Å². The average molecular weight is 203 g/mol. The summed E-state index contributed by atoms with van der Waals surface area (Å²) in [5.74, 6) is 0. The van der Waals surface area contributed by atoms with E-state index in [1.165, 1.54) is 0 Å². The van der Waals surface area contributed by atoms with Gasteiger partial charge in [0.2, 0.25) is 8.32 Å². The smallest absolute Gasteiger partial charge is 0.226 e. The maximum absolute atomic E-state index is 5.97. The van der Waals surface area contributed by atoms with E-state index in [-0.39, 0.29) is 6.15 Å². The monoisotopic (exact) mass is 203 g/mol. The van der Waals surface area contributed by atoms with E-state index in [1.807, 2.05) is 11.4 Å². The van der Waals surface area contributed by atoms with Crippen molar-refractivity contribution in [3.8, 4) is 0 Å². The first kappa shape index (κ1) is 14.4. The standard InChI is InChI=1S/C8H18OSi2.H3N/c1-7-11(6,8-2)9-10(3,4)5;/h7-8H,1-2H2,3-6H3;1H3. The predicted octanol–water partition coefficient (Wildman–Crippen LogP) is 3.03. The molecule has 3 N–H and O–H groups in total. The Morgan fingerprint density at radius 3 is 1.42 bits per heavy atom. The second kappa shape index (κ2) is 4.76. The van der Waals surface area contributed by atoms with Crippen LogP contribution in [0.3, 0.4) is 0 Å². The minimum Gasteiger partial charge on any atom is -0.450 e. The zero-order valence-electron chi connectivity index (χ0n) is 8.68. The first-order chi connectivity index (χ1) is 4.83. The first-order valence-electron chi connectivity index (χ1n) is 3.80. The minimum atomic E-state index is -1.74. The van der Waals surface area contributed by atoms with Gasteiger partial charge in [-0.05, 0) is 26.2 Å². The number of rotatable bonds is 4. The molecule has 0 unspecified atom stereocenters. The van der Waals surface area contributed by atoms with Gasteiger partial charge >= 0.3 is 0 Å². The Morgan fingerprint density at radius 1 is 1.00 bits per heavy atom. The topological polar surface area (TPSA) is 44.2 Å². The van der Waals surface area contributed by atoms with Crippen molar-refractivity contribution in [2.24, 2.45) is 0 Å². The Labute approximate surface area is 78.2 Å². The van der Waals surface area contributed by atoms with Gasteiger partial charge in [-0.1, -0.05) is 11.4 Å². The lowest BCUT2D eigenvalue weighted by atomic mass is 11.2. The van der Waals surface area contributed by atoms with E-state index >= 15 is 0 Å². The predicted molar refractivity (Wildman–Crippen MR) is 61.5 cm³/mol. The van der Waals surface area contributed by atoms with Gasteiger partial charge in [0.25, 0.3) is 0 Å². The lowest BCUT2D eigenvalue weighted by Crippen LogP contribution is -2.41. The zero-order valence-corrected chi connectivity index (χ0v) is 10.7. The first-order valence-corrected chi connectivity index (χ1v) is 9.77. The van der Waals surface area contributed by atoms with Crippen LogP contribution in [0, 0.1) is 0 Å². The van der Waals surface area contributed by atoms with Crippen LogP contribution in [0.4, 0.5) is 0 Å². The van der Waals surface area contributed by atoms with Crippen molar-refractivity contribution in [2.45, 2.75) is 26.2 Å². The molecule has 0 fully saturated rings. The van der Waals surface area contributed by atoms with Gasteiger partial charge in [-0.3, -0.25) is 0 Å². The molecule has 0 rings (SSSR count). The molecule has 0 amide bonds. The van der Waals surface area contributed by atoms with Crippen molar-refractivity contribution in [2.75, 3.05) is 0 Å². The highest BCUT2D eigenvalue weighted by molar-refractivity contribution is 6.90. The summed E-state index contributed by atoms with van der Waals surface area (Å²) in [5, 5.41) is 0. The summed E-state index contributed by atoms with van der Waals surface area (Å²) in [6, 6.07) is 0. The van der Waals surface area contributed by atoms with E-state index < -0.39 is 16.6 Å². The highest BCUT2D eigenvalue weighted by Crippen LogP contribution is 2.15. The second-order valence-electron chi connectivity index (χ2n) is 3.81. The van der Waals surface area contributed by atoms with Crippen molar-refractivity contribution in [3.05, 3.63) is 24.6 Å².